The second-order valence-electron chi connectivity index (χ2n) is 4.99. The fourth-order valence-electron chi connectivity index (χ4n) is 2.21. The van der Waals surface area contributed by atoms with Crippen LogP contribution in [0.15, 0.2) is 36.4 Å². The molecule has 0 saturated heterocycles. The van der Waals surface area contributed by atoms with Gasteiger partial charge in [0.05, 0.1) is 10.0 Å². The van der Waals surface area contributed by atoms with E-state index >= 15 is 0 Å². The van der Waals surface area contributed by atoms with E-state index < -0.39 is 0 Å². The molecule has 2 nitrogen and oxygen atoms in total. The highest BCUT2D eigenvalue weighted by molar-refractivity contribution is 6.42. The molecule has 0 fully saturated rings. The number of phenolic OH excluding ortho intramolecular Hbond substituents is 1. The van der Waals surface area contributed by atoms with Gasteiger partial charge in [-0.2, -0.15) is 0 Å². The Bertz CT molecular complexity index is 648. The first-order chi connectivity index (χ1) is 9.88. The predicted molar refractivity (Wildman–Crippen MR) is 84.5 cm³/mol. The van der Waals surface area contributed by atoms with Crippen LogP contribution in [0, 0.1) is 5.82 Å². The van der Waals surface area contributed by atoms with Crippen LogP contribution >= 0.6 is 23.2 Å². The van der Waals surface area contributed by atoms with Crippen LogP contribution in [0.4, 0.5) is 4.39 Å². The second kappa shape index (κ2) is 6.65. The number of phenols is 1. The zero-order chi connectivity index (χ0) is 15.6. The fraction of sp³-hybridized carbons (Fsp3) is 0.250. The third kappa shape index (κ3) is 3.88. The first-order valence-corrected chi connectivity index (χ1v) is 7.33. The maximum Gasteiger partial charge on any atom is 0.123 e. The van der Waals surface area contributed by atoms with Crippen LogP contribution in [0.1, 0.15) is 37.1 Å². The summed E-state index contributed by atoms with van der Waals surface area (Å²) in [6, 6.07) is 9.07. The zero-order valence-electron chi connectivity index (χ0n) is 11.7. The maximum atomic E-state index is 13.3. The monoisotopic (exact) mass is 327 g/mol. The third-order valence-electron chi connectivity index (χ3n) is 3.40. The van der Waals surface area contributed by atoms with E-state index in [0.717, 1.165) is 5.56 Å². The van der Waals surface area contributed by atoms with Crippen LogP contribution in [0.2, 0.25) is 10.0 Å². The minimum atomic E-state index is -0.376. The molecular formula is C16H16Cl2FNO. The van der Waals surface area contributed by atoms with Crippen LogP contribution in [0.5, 0.6) is 5.75 Å². The van der Waals surface area contributed by atoms with Crippen molar-refractivity contribution in [2.75, 3.05) is 0 Å². The highest BCUT2D eigenvalue weighted by Gasteiger charge is 2.15. The number of aromatic hydroxyl groups is 1. The van der Waals surface area contributed by atoms with Crippen molar-refractivity contribution < 1.29 is 9.50 Å². The van der Waals surface area contributed by atoms with Crippen LogP contribution in [0.25, 0.3) is 0 Å². The smallest absolute Gasteiger partial charge is 0.123 e. The molecule has 0 amide bonds. The van der Waals surface area contributed by atoms with Crippen LogP contribution in [-0.2, 0) is 0 Å². The van der Waals surface area contributed by atoms with Crippen molar-refractivity contribution in [2.45, 2.75) is 25.9 Å². The standard InChI is InChI=1S/C16H16Cl2FNO/c1-9(11-3-5-14(17)15(18)7-11)20-10(2)13-8-12(19)4-6-16(13)21/h3-10,20-21H,1-2H3. The minimum absolute atomic E-state index is 0.0302. The molecule has 0 aliphatic heterocycles. The highest BCUT2D eigenvalue weighted by atomic mass is 35.5. The summed E-state index contributed by atoms with van der Waals surface area (Å²) in [5.41, 5.74) is 1.48. The Kier molecular flexibility index (Phi) is 5.09. The fourth-order valence-corrected chi connectivity index (χ4v) is 2.52. The first kappa shape index (κ1) is 16.1. The summed E-state index contributed by atoms with van der Waals surface area (Å²) >= 11 is 11.9. The second-order valence-corrected chi connectivity index (χ2v) is 5.80. The molecule has 2 rings (SSSR count). The Morgan fingerprint density at radius 3 is 2.38 bits per heavy atom. The molecule has 0 heterocycles. The summed E-state index contributed by atoms with van der Waals surface area (Å²) in [6.45, 7) is 3.83. The van der Waals surface area contributed by atoms with Gasteiger partial charge in [0, 0.05) is 17.6 Å². The lowest BCUT2D eigenvalue weighted by Gasteiger charge is -2.22. The van der Waals surface area contributed by atoms with Gasteiger partial charge in [-0.05, 0) is 49.7 Å². The summed E-state index contributed by atoms with van der Waals surface area (Å²) in [6.07, 6.45) is 0. The summed E-state index contributed by atoms with van der Waals surface area (Å²) in [4.78, 5) is 0. The Morgan fingerprint density at radius 1 is 1.00 bits per heavy atom. The quantitative estimate of drug-likeness (QED) is 0.803. The molecule has 2 aromatic rings. The van der Waals surface area contributed by atoms with Gasteiger partial charge in [-0.15, -0.1) is 0 Å². The molecule has 0 radical (unpaired) electrons. The van der Waals surface area contributed by atoms with Crippen molar-refractivity contribution in [3.8, 4) is 5.75 Å². The molecular weight excluding hydrogens is 312 g/mol. The van der Waals surface area contributed by atoms with Gasteiger partial charge in [-0.1, -0.05) is 29.3 Å². The number of halogens is 3. The number of hydrogen-bond acceptors (Lipinski definition) is 2. The van der Waals surface area contributed by atoms with E-state index in [1.54, 1.807) is 12.1 Å². The molecule has 2 unspecified atom stereocenters. The Morgan fingerprint density at radius 2 is 1.71 bits per heavy atom. The largest absolute Gasteiger partial charge is 0.508 e. The topological polar surface area (TPSA) is 32.3 Å². The van der Waals surface area contributed by atoms with Crippen molar-refractivity contribution in [3.63, 3.8) is 0 Å². The van der Waals surface area contributed by atoms with Gasteiger partial charge in [-0.3, -0.25) is 0 Å². The number of nitrogens with one attached hydrogen (secondary N) is 1. The zero-order valence-corrected chi connectivity index (χ0v) is 13.2. The van der Waals surface area contributed by atoms with Gasteiger partial charge in [0.1, 0.15) is 11.6 Å². The maximum absolute atomic E-state index is 13.3. The van der Waals surface area contributed by atoms with Crippen molar-refractivity contribution in [1.29, 1.82) is 0 Å². The summed E-state index contributed by atoms with van der Waals surface area (Å²) < 4.78 is 13.3. The molecule has 0 aliphatic carbocycles. The highest BCUT2D eigenvalue weighted by Crippen LogP contribution is 2.29. The third-order valence-corrected chi connectivity index (χ3v) is 4.14. The molecule has 2 N–H and O–H groups in total. The van der Waals surface area contributed by atoms with E-state index in [1.165, 1.54) is 18.2 Å². The average molecular weight is 328 g/mol. The van der Waals surface area contributed by atoms with E-state index in [2.05, 4.69) is 5.32 Å². The normalized spacial score (nSPS) is 14.0. The summed E-state index contributed by atoms with van der Waals surface area (Å²) in [7, 11) is 0. The van der Waals surface area contributed by atoms with Crippen LogP contribution in [-0.4, -0.2) is 5.11 Å². The molecule has 0 spiro atoms. The lowest BCUT2D eigenvalue weighted by molar-refractivity contribution is 0.435. The van der Waals surface area contributed by atoms with Gasteiger partial charge in [0.25, 0.3) is 0 Å². The minimum Gasteiger partial charge on any atom is -0.508 e. The van der Waals surface area contributed by atoms with Crippen molar-refractivity contribution in [2.24, 2.45) is 0 Å². The molecule has 0 saturated carbocycles. The molecule has 112 valence electrons. The Balaban J connectivity index is 2.16. The number of hydrogen-bond donors (Lipinski definition) is 2. The summed E-state index contributed by atoms with van der Waals surface area (Å²) in [5, 5.41) is 14.1. The first-order valence-electron chi connectivity index (χ1n) is 6.58. The molecule has 5 heteroatoms. The van der Waals surface area contributed by atoms with E-state index in [-0.39, 0.29) is 23.7 Å². The van der Waals surface area contributed by atoms with E-state index in [1.807, 2.05) is 19.9 Å². The molecule has 0 aliphatic rings. The average Bonchev–Trinajstić information content (AvgIpc) is 2.44. The molecule has 2 aromatic carbocycles. The summed E-state index contributed by atoms with van der Waals surface area (Å²) in [5.74, 6) is -0.309. The van der Waals surface area contributed by atoms with Crippen LogP contribution in [0.3, 0.4) is 0 Å². The predicted octanol–water partition coefficient (Wildman–Crippen LogP) is 5.25. The van der Waals surface area contributed by atoms with Gasteiger partial charge in [-0.25, -0.2) is 4.39 Å². The van der Waals surface area contributed by atoms with E-state index in [4.69, 9.17) is 23.2 Å². The Labute approximate surface area is 133 Å². The van der Waals surface area contributed by atoms with Crippen molar-refractivity contribution in [3.05, 3.63) is 63.4 Å². The SMILES string of the molecule is CC(NC(C)c1cc(F)ccc1O)c1ccc(Cl)c(Cl)c1. The van der Waals surface area contributed by atoms with Crippen molar-refractivity contribution >= 4 is 23.2 Å². The number of benzene rings is 2. The van der Waals surface area contributed by atoms with Crippen molar-refractivity contribution in [1.82, 2.24) is 5.32 Å². The number of rotatable bonds is 4. The van der Waals surface area contributed by atoms with E-state index in [9.17, 15) is 9.50 Å². The Hall–Kier alpha value is -1.29. The lowest BCUT2D eigenvalue weighted by atomic mass is 10.0. The van der Waals surface area contributed by atoms with E-state index in [0.29, 0.717) is 15.6 Å². The van der Waals surface area contributed by atoms with Crippen LogP contribution < -0.4 is 5.32 Å². The van der Waals surface area contributed by atoms with Gasteiger partial charge in [0.15, 0.2) is 0 Å². The molecule has 0 bridgehead atoms. The lowest BCUT2D eigenvalue weighted by Crippen LogP contribution is -2.22. The van der Waals surface area contributed by atoms with Gasteiger partial charge >= 0.3 is 0 Å². The van der Waals surface area contributed by atoms with Gasteiger partial charge in [0.2, 0.25) is 0 Å². The molecule has 2 atom stereocenters. The molecule has 21 heavy (non-hydrogen) atoms. The van der Waals surface area contributed by atoms with Gasteiger partial charge < -0.3 is 10.4 Å². The molecule has 0 aromatic heterocycles.